The van der Waals surface area contributed by atoms with Gasteiger partial charge in [0.2, 0.25) is 5.91 Å². The lowest BCUT2D eigenvalue weighted by Gasteiger charge is -2.39. The van der Waals surface area contributed by atoms with Crippen LogP contribution in [0.1, 0.15) is 35.6 Å². The van der Waals surface area contributed by atoms with E-state index in [4.69, 9.17) is 14.2 Å². The number of fused-ring (bicyclic) bond motifs is 3. The first kappa shape index (κ1) is 44.1. The average molecular weight is 931 g/mol. The minimum absolute atomic E-state index is 0.00674. The second-order valence-electron chi connectivity index (χ2n) is 17.4. The summed E-state index contributed by atoms with van der Waals surface area (Å²) in [6.45, 7) is 6.82. The van der Waals surface area contributed by atoms with Gasteiger partial charge < -0.3 is 54.9 Å². The fourth-order valence-electron chi connectivity index (χ4n) is 10.2. The molecule has 2 fully saturated rings. The van der Waals surface area contributed by atoms with E-state index in [1.165, 1.54) is 0 Å². The van der Waals surface area contributed by atoms with Crippen molar-refractivity contribution in [2.75, 3.05) is 23.9 Å². The van der Waals surface area contributed by atoms with Crippen LogP contribution < -0.4 is 20.1 Å². The summed E-state index contributed by atoms with van der Waals surface area (Å²) < 4.78 is 18.6. The average Bonchev–Trinajstić information content (AvgIpc) is 3.68. The van der Waals surface area contributed by atoms with Crippen LogP contribution in [0, 0.1) is 5.92 Å². The number of aliphatic hydroxyl groups is 5. The van der Waals surface area contributed by atoms with E-state index in [1.54, 1.807) is 41.2 Å². The summed E-state index contributed by atoms with van der Waals surface area (Å²) in [6, 6.07) is 28.0. The zero-order valence-corrected chi connectivity index (χ0v) is 37.4. The molecule has 4 aliphatic rings. The van der Waals surface area contributed by atoms with Gasteiger partial charge in [-0.2, -0.15) is 0 Å². The molecule has 62 heavy (non-hydrogen) atoms. The molecule has 6 N–H and O–H groups in total. The number of hydrogen-bond acceptors (Lipinski definition) is 11. The Morgan fingerprint density at radius 3 is 2.37 bits per heavy atom. The summed E-state index contributed by atoms with van der Waals surface area (Å²) in [5, 5.41) is 54.7. The molecule has 0 radical (unpaired) electrons. The molecule has 8 rings (SSSR count). The van der Waals surface area contributed by atoms with Gasteiger partial charge in [-0.05, 0) is 71.1 Å². The Labute approximate surface area is 369 Å². The molecule has 4 heterocycles. The van der Waals surface area contributed by atoms with Crippen molar-refractivity contribution in [1.29, 1.82) is 0 Å². The number of anilines is 2. The minimum Gasteiger partial charge on any atom is -0.497 e. The Kier molecular flexibility index (Phi) is 12.3. The smallest absolute Gasteiger partial charge is 0.264 e. The largest absolute Gasteiger partial charge is 0.497 e. The molecule has 10 atom stereocenters. The molecular formula is C46H52BrN3O11Si. The molecule has 2 saturated heterocycles. The number of rotatable bonds is 10. The third kappa shape index (κ3) is 7.68. The van der Waals surface area contributed by atoms with Gasteiger partial charge in [0, 0.05) is 28.2 Å². The molecule has 328 valence electrons. The molecule has 0 aromatic heterocycles. The number of nitrogens with zero attached hydrogens (tertiary/aromatic N) is 2. The third-order valence-corrected chi connectivity index (χ3v) is 18.3. The second-order valence-corrected chi connectivity index (χ2v) is 23.0. The lowest BCUT2D eigenvalue weighted by atomic mass is 9.82. The molecule has 0 aliphatic carbocycles. The normalized spacial score (nSPS) is 29.4. The van der Waals surface area contributed by atoms with Crippen LogP contribution in [0.4, 0.5) is 11.4 Å². The maximum atomic E-state index is 15.4. The van der Waals surface area contributed by atoms with Crippen LogP contribution in [-0.2, 0) is 49.0 Å². The van der Waals surface area contributed by atoms with E-state index in [0.29, 0.717) is 35.5 Å². The molecular weight excluding hydrogens is 879 g/mol. The molecule has 0 bridgehead atoms. The highest BCUT2D eigenvalue weighted by atomic mass is 79.9. The summed E-state index contributed by atoms with van der Waals surface area (Å²) in [7, 11) is -0.992. The van der Waals surface area contributed by atoms with E-state index in [-0.39, 0.29) is 36.9 Å². The van der Waals surface area contributed by atoms with Crippen LogP contribution in [0.2, 0.25) is 18.6 Å². The number of aliphatic hydroxyl groups excluding tert-OH is 5. The summed E-state index contributed by atoms with van der Waals surface area (Å²) >= 11 is 3.66. The van der Waals surface area contributed by atoms with E-state index in [1.807, 2.05) is 54.6 Å². The molecule has 0 unspecified atom stereocenters. The predicted molar refractivity (Wildman–Crippen MR) is 235 cm³/mol. The van der Waals surface area contributed by atoms with Crippen molar-refractivity contribution in [3.63, 3.8) is 0 Å². The minimum atomic E-state index is -2.61. The SMILES string of the molecule is COc1ccc([Si](C)(C)[C@@H]2[C@@H](CC(=O)N3Cc4ccccc4C[C@H]3CO)O[C@]3(C(=O)N(Cc4cccc(NC(=O)[C@H]5O[C@@H](O)[C@H](O)[C@@H](O)[C@@H]5O)c4)c4ccc(Br)cc43)[C@H]2C)cc1. The number of ether oxygens (including phenoxy) is 3. The molecule has 16 heteroatoms. The third-order valence-electron chi connectivity index (χ3n) is 13.4. The molecule has 4 aromatic rings. The van der Waals surface area contributed by atoms with E-state index in [0.717, 1.165) is 26.5 Å². The Morgan fingerprint density at radius 1 is 0.935 bits per heavy atom. The number of nitrogens with one attached hydrogen (secondary N) is 1. The van der Waals surface area contributed by atoms with Crippen LogP contribution in [0.3, 0.4) is 0 Å². The van der Waals surface area contributed by atoms with Crippen LogP contribution >= 0.6 is 15.9 Å². The highest BCUT2D eigenvalue weighted by molar-refractivity contribution is 9.10. The van der Waals surface area contributed by atoms with E-state index in [2.05, 4.69) is 53.4 Å². The first-order valence-electron chi connectivity index (χ1n) is 20.8. The molecule has 4 aliphatic heterocycles. The highest BCUT2D eigenvalue weighted by Gasteiger charge is 2.66. The van der Waals surface area contributed by atoms with Crippen LogP contribution in [0.5, 0.6) is 5.75 Å². The highest BCUT2D eigenvalue weighted by Crippen LogP contribution is 2.60. The van der Waals surface area contributed by atoms with Gasteiger partial charge in [-0.25, -0.2) is 0 Å². The first-order valence-corrected chi connectivity index (χ1v) is 24.6. The van der Waals surface area contributed by atoms with Gasteiger partial charge in [0.25, 0.3) is 11.8 Å². The Morgan fingerprint density at radius 2 is 1.66 bits per heavy atom. The number of methoxy groups -OCH3 is 1. The maximum absolute atomic E-state index is 15.4. The monoisotopic (exact) mass is 929 g/mol. The van der Waals surface area contributed by atoms with Gasteiger partial charge in [-0.15, -0.1) is 0 Å². The van der Waals surface area contributed by atoms with Crippen LogP contribution in [0.15, 0.2) is 95.5 Å². The fourth-order valence-corrected chi connectivity index (χ4v) is 14.6. The predicted octanol–water partition coefficient (Wildman–Crippen LogP) is 3.29. The van der Waals surface area contributed by atoms with Crippen LogP contribution in [0.25, 0.3) is 0 Å². The second kappa shape index (κ2) is 17.2. The quantitative estimate of drug-likeness (QED) is 0.128. The van der Waals surface area contributed by atoms with Crippen LogP contribution in [-0.4, -0.2) is 113 Å². The van der Waals surface area contributed by atoms with Crippen molar-refractivity contribution in [3.8, 4) is 5.75 Å². The van der Waals surface area contributed by atoms with Crippen molar-refractivity contribution in [1.82, 2.24) is 4.90 Å². The van der Waals surface area contributed by atoms with Gasteiger partial charge in [-0.1, -0.05) is 89.7 Å². The number of benzene rings is 4. The van der Waals surface area contributed by atoms with Crippen molar-refractivity contribution in [2.45, 2.75) is 99.9 Å². The standard InChI is InChI=1S/C46H52BrN3O11Si/c1-25-42(62(3,4)33-15-13-32(59-2)14-16-33)36(21-37(52)49-23-28-10-6-5-9-27(28)19-31(49)24-51)61-46(25)34-20-29(47)12-17-35(34)50(45(46)58)22-26-8-7-11-30(18-26)48-43(56)41-39(54)38(53)40(55)44(57)60-41/h5-18,20,25,31,36,38-42,44,51,53-55,57H,19,21-24H2,1-4H3,(H,48,56)/t25-,31-,36+,38-,39-,40+,41-,42-,44+,46+/m0/s1. The molecule has 14 nitrogen and oxygen atoms in total. The number of halogens is 1. The lowest BCUT2D eigenvalue weighted by Crippen LogP contribution is -2.60. The van der Waals surface area contributed by atoms with Crippen molar-refractivity contribution in [2.24, 2.45) is 5.92 Å². The summed E-state index contributed by atoms with van der Waals surface area (Å²) in [6.07, 6.45) is -9.07. The number of carbonyl (C=O) groups excluding carboxylic acids is 3. The topological polar surface area (TPSA) is 199 Å². The zero-order chi connectivity index (χ0) is 44.2. The van der Waals surface area contributed by atoms with Gasteiger partial charge >= 0.3 is 0 Å². The first-order chi connectivity index (χ1) is 29.6. The van der Waals surface area contributed by atoms with E-state index >= 15 is 4.79 Å². The van der Waals surface area contributed by atoms with Crippen molar-refractivity contribution < 1.29 is 54.1 Å². The van der Waals surface area contributed by atoms with Gasteiger partial charge in [-0.3, -0.25) is 14.4 Å². The Balaban J connectivity index is 1.12. The molecule has 3 amide bonds. The number of carbonyl (C=O) groups is 3. The zero-order valence-electron chi connectivity index (χ0n) is 34.8. The Hall–Kier alpha value is -4.49. The van der Waals surface area contributed by atoms with Crippen molar-refractivity contribution in [3.05, 3.63) is 118 Å². The van der Waals surface area contributed by atoms with E-state index < -0.39 is 68.4 Å². The maximum Gasteiger partial charge on any atom is 0.264 e. The van der Waals surface area contributed by atoms with E-state index in [9.17, 15) is 35.1 Å². The van der Waals surface area contributed by atoms with Gasteiger partial charge in [0.1, 0.15) is 24.1 Å². The molecule has 0 saturated carbocycles. The number of hydrogen-bond donors (Lipinski definition) is 6. The fraction of sp³-hybridized carbons (Fsp3) is 0.413. The van der Waals surface area contributed by atoms with Gasteiger partial charge in [0.05, 0.1) is 52.6 Å². The van der Waals surface area contributed by atoms with Crippen molar-refractivity contribution >= 4 is 58.3 Å². The Bertz CT molecular complexity index is 2350. The molecule has 1 spiro atoms. The number of amides is 3. The molecule has 4 aromatic carbocycles. The summed E-state index contributed by atoms with van der Waals surface area (Å²) in [5.41, 5.74) is 2.71. The van der Waals surface area contributed by atoms with Gasteiger partial charge in [0.15, 0.2) is 18.0 Å². The lowest BCUT2D eigenvalue weighted by molar-refractivity contribution is -0.274. The summed E-state index contributed by atoms with van der Waals surface area (Å²) in [5.74, 6) is -0.971. The summed E-state index contributed by atoms with van der Waals surface area (Å²) in [4.78, 5) is 46.7.